The van der Waals surface area contributed by atoms with Gasteiger partial charge in [0.1, 0.15) is 0 Å². The van der Waals surface area contributed by atoms with Crippen molar-refractivity contribution in [3.05, 3.63) is 0 Å². The van der Waals surface area contributed by atoms with Crippen LogP contribution in [0.4, 0.5) is 0 Å². The number of rotatable bonds is 4. The molecule has 1 aliphatic heterocycles. The average molecular weight is 183 g/mol. The molecule has 0 aromatic carbocycles. The highest BCUT2D eigenvalue weighted by molar-refractivity contribution is 5.09. The first-order valence-corrected chi connectivity index (χ1v) is 5.46. The van der Waals surface area contributed by atoms with Crippen molar-refractivity contribution in [2.45, 2.75) is 25.8 Å². The lowest BCUT2D eigenvalue weighted by Crippen LogP contribution is -2.40. The van der Waals surface area contributed by atoms with Crippen molar-refractivity contribution in [1.82, 2.24) is 10.2 Å². The van der Waals surface area contributed by atoms with E-state index in [1.54, 1.807) is 0 Å². The van der Waals surface area contributed by atoms with Gasteiger partial charge in [-0.2, -0.15) is 0 Å². The van der Waals surface area contributed by atoms with Crippen molar-refractivity contribution >= 4 is 0 Å². The predicted octanol–water partition coefficient (Wildman–Crippen LogP) is 0.0190. The first-order valence-electron chi connectivity index (χ1n) is 5.46. The minimum Gasteiger partial charge on any atom is -0.329 e. The van der Waals surface area contributed by atoms with E-state index in [0.29, 0.717) is 5.41 Å². The van der Waals surface area contributed by atoms with E-state index in [9.17, 15) is 0 Å². The van der Waals surface area contributed by atoms with Gasteiger partial charge in [-0.3, -0.25) is 0 Å². The second kappa shape index (κ2) is 3.56. The largest absolute Gasteiger partial charge is 0.329 e. The standard InChI is InChI=1S/C10H21N3/c1-2-13-7-9(12-6-5-11)10(8-13)3-4-10/h9,12H,2-8,11H2,1H3/t9-/m0/s1. The Balaban J connectivity index is 1.87. The first-order chi connectivity index (χ1) is 6.30. The zero-order valence-corrected chi connectivity index (χ0v) is 8.55. The van der Waals surface area contributed by atoms with Crippen LogP contribution in [-0.4, -0.2) is 43.7 Å². The molecule has 0 unspecified atom stereocenters. The summed E-state index contributed by atoms with van der Waals surface area (Å²) in [6.45, 7) is 7.73. The molecule has 1 heterocycles. The third kappa shape index (κ3) is 1.73. The van der Waals surface area contributed by atoms with Crippen LogP contribution in [0.25, 0.3) is 0 Å². The van der Waals surface area contributed by atoms with Crippen LogP contribution in [-0.2, 0) is 0 Å². The molecule has 2 aliphatic rings. The summed E-state index contributed by atoms with van der Waals surface area (Å²) in [5.41, 5.74) is 6.15. The average Bonchev–Trinajstić information content (AvgIpc) is 2.80. The van der Waals surface area contributed by atoms with Gasteiger partial charge in [-0.05, 0) is 24.8 Å². The Hall–Kier alpha value is -0.120. The molecule has 13 heavy (non-hydrogen) atoms. The summed E-state index contributed by atoms with van der Waals surface area (Å²) in [6.07, 6.45) is 2.84. The summed E-state index contributed by atoms with van der Waals surface area (Å²) >= 11 is 0. The summed E-state index contributed by atoms with van der Waals surface area (Å²) in [7, 11) is 0. The van der Waals surface area contributed by atoms with Gasteiger partial charge in [0.2, 0.25) is 0 Å². The third-order valence-electron chi connectivity index (χ3n) is 3.59. The van der Waals surface area contributed by atoms with Crippen molar-refractivity contribution in [3.8, 4) is 0 Å². The van der Waals surface area contributed by atoms with Gasteiger partial charge in [-0.25, -0.2) is 0 Å². The van der Waals surface area contributed by atoms with Gasteiger partial charge in [0.25, 0.3) is 0 Å². The summed E-state index contributed by atoms with van der Waals surface area (Å²) in [4.78, 5) is 2.56. The fraction of sp³-hybridized carbons (Fsp3) is 1.00. The Morgan fingerprint density at radius 1 is 1.54 bits per heavy atom. The topological polar surface area (TPSA) is 41.3 Å². The molecule has 2 rings (SSSR count). The van der Waals surface area contributed by atoms with Gasteiger partial charge in [0.05, 0.1) is 0 Å². The van der Waals surface area contributed by atoms with E-state index in [1.807, 2.05) is 0 Å². The van der Waals surface area contributed by atoms with Crippen LogP contribution in [0, 0.1) is 5.41 Å². The minimum absolute atomic E-state index is 0.644. The molecule has 2 fully saturated rings. The normalized spacial score (nSPS) is 31.4. The number of hydrogen-bond acceptors (Lipinski definition) is 3. The van der Waals surface area contributed by atoms with Crippen LogP contribution in [0.2, 0.25) is 0 Å². The predicted molar refractivity (Wildman–Crippen MR) is 54.6 cm³/mol. The van der Waals surface area contributed by atoms with Crippen LogP contribution in [0.5, 0.6) is 0 Å². The van der Waals surface area contributed by atoms with E-state index in [1.165, 1.54) is 32.5 Å². The number of hydrogen-bond donors (Lipinski definition) is 2. The van der Waals surface area contributed by atoms with E-state index in [2.05, 4.69) is 17.1 Å². The highest BCUT2D eigenvalue weighted by Gasteiger charge is 2.54. The summed E-state index contributed by atoms with van der Waals surface area (Å²) < 4.78 is 0. The summed E-state index contributed by atoms with van der Waals surface area (Å²) in [5, 5.41) is 3.58. The Morgan fingerprint density at radius 3 is 2.85 bits per heavy atom. The molecule has 1 saturated carbocycles. The van der Waals surface area contributed by atoms with Crippen LogP contribution in [0.15, 0.2) is 0 Å². The van der Waals surface area contributed by atoms with Gasteiger partial charge in [0.15, 0.2) is 0 Å². The van der Waals surface area contributed by atoms with Gasteiger partial charge in [-0.1, -0.05) is 6.92 Å². The Morgan fingerprint density at radius 2 is 2.31 bits per heavy atom. The molecule has 0 amide bonds. The lowest BCUT2D eigenvalue weighted by atomic mass is 10.0. The number of likely N-dealkylation sites (tertiary alicyclic amines) is 1. The Kier molecular flexibility index (Phi) is 2.58. The van der Waals surface area contributed by atoms with E-state index in [4.69, 9.17) is 5.73 Å². The maximum absolute atomic E-state index is 5.51. The van der Waals surface area contributed by atoms with Crippen molar-refractivity contribution in [3.63, 3.8) is 0 Å². The highest BCUT2D eigenvalue weighted by Crippen LogP contribution is 2.52. The highest BCUT2D eigenvalue weighted by atomic mass is 15.2. The van der Waals surface area contributed by atoms with Gasteiger partial charge < -0.3 is 16.0 Å². The number of nitrogens with zero attached hydrogens (tertiary/aromatic N) is 1. The summed E-state index contributed by atoms with van der Waals surface area (Å²) in [5.74, 6) is 0. The van der Waals surface area contributed by atoms with Crippen molar-refractivity contribution in [1.29, 1.82) is 0 Å². The van der Waals surface area contributed by atoms with Crippen LogP contribution >= 0.6 is 0 Å². The molecule has 0 aromatic heterocycles. The molecule has 76 valence electrons. The smallest absolute Gasteiger partial charge is 0.0264 e. The molecule has 1 saturated heterocycles. The van der Waals surface area contributed by atoms with Crippen molar-refractivity contribution in [2.24, 2.45) is 11.1 Å². The number of nitrogens with one attached hydrogen (secondary N) is 1. The fourth-order valence-electron chi connectivity index (χ4n) is 2.52. The van der Waals surface area contributed by atoms with Crippen LogP contribution < -0.4 is 11.1 Å². The fourth-order valence-corrected chi connectivity index (χ4v) is 2.52. The van der Waals surface area contributed by atoms with E-state index >= 15 is 0 Å². The third-order valence-corrected chi connectivity index (χ3v) is 3.59. The van der Waals surface area contributed by atoms with E-state index in [0.717, 1.165) is 19.1 Å². The van der Waals surface area contributed by atoms with Crippen LogP contribution in [0.3, 0.4) is 0 Å². The molecule has 1 atom stereocenters. The molecule has 1 spiro atoms. The molecular weight excluding hydrogens is 162 g/mol. The maximum Gasteiger partial charge on any atom is 0.0264 e. The second-order valence-corrected chi connectivity index (χ2v) is 4.49. The number of nitrogens with two attached hydrogens (primary N) is 1. The molecule has 3 heteroatoms. The van der Waals surface area contributed by atoms with Crippen molar-refractivity contribution in [2.75, 3.05) is 32.7 Å². The monoisotopic (exact) mass is 183 g/mol. The molecule has 3 nitrogen and oxygen atoms in total. The quantitative estimate of drug-likeness (QED) is 0.645. The molecule has 0 bridgehead atoms. The molecule has 1 aliphatic carbocycles. The van der Waals surface area contributed by atoms with E-state index in [-0.39, 0.29) is 0 Å². The SMILES string of the molecule is CCN1C[C@H](NCCN)C2(CC2)C1. The van der Waals surface area contributed by atoms with Gasteiger partial charge in [-0.15, -0.1) is 0 Å². The van der Waals surface area contributed by atoms with E-state index < -0.39 is 0 Å². The second-order valence-electron chi connectivity index (χ2n) is 4.49. The zero-order valence-electron chi connectivity index (χ0n) is 8.55. The number of likely N-dealkylation sites (N-methyl/N-ethyl adjacent to an activating group) is 1. The molecule has 0 radical (unpaired) electrons. The van der Waals surface area contributed by atoms with Gasteiger partial charge in [0, 0.05) is 32.2 Å². The maximum atomic E-state index is 5.51. The van der Waals surface area contributed by atoms with Crippen LogP contribution in [0.1, 0.15) is 19.8 Å². The van der Waals surface area contributed by atoms with Gasteiger partial charge >= 0.3 is 0 Å². The molecule has 0 aromatic rings. The zero-order chi connectivity index (χ0) is 9.31. The molecule has 3 N–H and O–H groups in total. The summed E-state index contributed by atoms with van der Waals surface area (Å²) in [6, 6.07) is 0.719. The minimum atomic E-state index is 0.644. The first kappa shape index (κ1) is 9.44. The Labute approximate surface area is 80.7 Å². The lowest BCUT2D eigenvalue weighted by Gasteiger charge is -2.17. The lowest BCUT2D eigenvalue weighted by molar-refractivity contribution is 0.337. The van der Waals surface area contributed by atoms with Crippen molar-refractivity contribution < 1.29 is 0 Å². The molecular formula is C10H21N3. The Bertz CT molecular complexity index is 177.